The molecule has 0 unspecified atom stereocenters. The first-order valence-corrected chi connectivity index (χ1v) is 10.1. The summed E-state index contributed by atoms with van der Waals surface area (Å²) in [6.45, 7) is 0.675. The van der Waals surface area contributed by atoms with Crippen molar-refractivity contribution in [3.8, 4) is 0 Å². The second-order valence-corrected chi connectivity index (χ2v) is 9.24. The summed E-state index contributed by atoms with van der Waals surface area (Å²) < 4.78 is 49.8. The lowest BCUT2D eigenvalue weighted by Crippen LogP contribution is -2.40. The monoisotopic (exact) mass is 332 g/mol. The van der Waals surface area contributed by atoms with Gasteiger partial charge in [0.15, 0.2) is 0 Å². The summed E-state index contributed by atoms with van der Waals surface area (Å²) in [5.41, 5.74) is 1.00. The van der Waals surface area contributed by atoms with Crippen molar-refractivity contribution in [3.05, 3.63) is 29.8 Å². The predicted molar refractivity (Wildman–Crippen MR) is 81.2 cm³/mol. The lowest BCUT2D eigenvalue weighted by atomic mass is 10.2. The van der Waals surface area contributed by atoms with Gasteiger partial charge in [-0.15, -0.1) is 0 Å². The van der Waals surface area contributed by atoms with Gasteiger partial charge in [-0.25, -0.2) is 21.6 Å². The molecule has 0 aromatic heterocycles. The standard InChI is InChI=1S/C13H20N2O4S2/c1-14-10-11-2-4-13(5-3-11)21(18,19)15-12-6-8-20(16,17)9-7-12/h2-5,12,14-15H,6-10H2,1H3. The summed E-state index contributed by atoms with van der Waals surface area (Å²) in [7, 11) is -4.76. The maximum atomic E-state index is 12.3. The minimum Gasteiger partial charge on any atom is -0.316 e. The Bertz CT molecular complexity index is 667. The number of sulfonamides is 1. The van der Waals surface area contributed by atoms with Crippen molar-refractivity contribution in [2.45, 2.75) is 30.3 Å². The Morgan fingerprint density at radius 2 is 1.71 bits per heavy atom. The van der Waals surface area contributed by atoms with Gasteiger partial charge in [-0.3, -0.25) is 0 Å². The summed E-state index contributed by atoms with van der Waals surface area (Å²) in [6.07, 6.45) is 0.665. The molecule has 1 aliphatic rings. The third-order valence-corrected chi connectivity index (χ3v) is 6.74. The molecule has 1 aliphatic heterocycles. The number of nitrogens with one attached hydrogen (secondary N) is 2. The van der Waals surface area contributed by atoms with Gasteiger partial charge < -0.3 is 5.32 Å². The zero-order valence-electron chi connectivity index (χ0n) is 11.9. The zero-order valence-corrected chi connectivity index (χ0v) is 13.5. The Labute approximate surface area is 125 Å². The minimum atomic E-state index is -3.59. The normalized spacial score (nSPS) is 19.5. The summed E-state index contributed by atoms with van der Waals surface area (Å²) in [4.78, 5) is 0.204. The van der Waals surface area contributed by atoms with Crippen LogP contribution in [-0.4, -0.2) is 41.4 Å². The molecule has 118 valence electrons. The van der Waals surface area contributed by atoms with Crippen molar-refractivity contribution in [1.82, 2.24) is 10.0 Å². The second-order valence-electron chi connectivity index (χ2n) is 5.22. The van der Waals surface area contributed by atoms with Crippen molar-refractivity contribution in [3.63, 3.8) is 0 Å². The van der Waals surface area contributed by atoms with E-state index in [0.29, 0.717) is 19.4 Å². The van der Waals surface area contributed by atoms with E-state index in [-0.39, 0.29) is 22.4 Å². The first kappa shape index (κ1) is 16.4. The first-order chi connectivity index (χ1) is 9.82. The third-order valence-electron chi connectivity index (χ3n) is 3.49. The van der Waals surface area contributed by atoms with Crippen LogP contribution in [0, 0.1) is 0 Å². The van der Waals surface area contributed by atoms with Crippen LogP contribution in [0.25, 0.3) is 0 Å². The van der Waals surface area contributed by atoms with Gasteiger partial charge >= 0.3 is 0 Å². The highest BCUT2D eigenvalue weighted by Gasteiger charge is 2.27. The third kappa shape index (κ3) is 4.50. The average molecular weight is 332 g/mol. The van der Waals surface area contributed by atoms with Crippen LogP contribution in [0.2, 0.25) is 0 Å². The molecular formula is C13H20N2O4S2. The number of hydrogen-bond donors (Lipinski definition) is 2. The molecule has 8 heteroatoms. The zero-order chi connectivity index (χ0) is 15.5. The molecule has 0 amide bonds. The molecule has 21 heavy (non-hydrogen) atoms. The quantitative estimate of drug-likeness (QED) is 0.807. The van der Waals surface area contributed by atoms with E-state index in [9.17, 15) is 16.8 Å². The summed E-state index contributed by atoms with van der Waals surface area (Å²) in [6, 6.07) is 6.34. The van der Waals surface area contributed by atoms with Crippen molar-refractivity contribution in [2.75, 3.05) is 18.6 Å². The van der Waals surface area contributed by atoms with Gasteiger partial charge in [0, 0.05) is 12.6 Å². The van der Waals surface area contributed by atoms with Crippen molar-refractivity contribution in [1.29, 1.82) is 0 Å². The smallest absolute Gasteiger partial charge is 0.240 e. The molecule has 1 aromatic rings. The predicted octanol–water partition coefficient (Wildman–Crippen LogP) is 0.262. The molecule has 6 nitrogen and oxygen atoms in total. The number of hydrogen-bond acceptors (Lipinski definition) is 5. The fourth-order valence-electron chi connectivity index (χ4n) is 2.29. The Morgan fingerprint density at radius 1 is 1.14 bits per heavy atom. The highest BCUT2D eigenvalue weighted by molar-refractivity contribution is 7.91. The lowest BCUT2D eigenvalue weighted by Gasteiger charge is -2.22. The molecule has 1 heterocycles. The van der Waals surface area contributed by atoms with Gasteiger partial charge in [0.25, 0.3) is 0 Å². The lowest BCUT2D eigenvalue weighted by molar-refractivity contribution is 0.505. The molecule has 0 atom stereocenters. The fraction of sp³-hybridized carbons (Fsp3) is 0.538. The average Bonchev–Trinajstić information content (AvgIpc) is 2.42. The van der Waals surface area contributed by atoms with Gasteiger partial charge in [-0.1, -0.05) is 12.1 Å². The second kappa shape index (κ2) is 6.43. The molecule has 2 N–H and O–H groups in total. The van der Waals surface area contributed by atoms with E-state index in [4.69, 9.17) is 0 Å². The van der Waals surface area contributed by atoms with E-state index < -0.39 is 19.9 Å². The first-order valence-electron chi connectivity index (χ1n) is 6.79. The number of rotatable bonds is 5. The summed E-state index contributed by atoms with van der Waals surface area (Å²) >= 11 is 0. The van der Waals surface area contributed by atoms with Crippen LogP contribution in [0.4, 0.5) is 0 Å². The van der Waals surface area contributed by atoms with E-state index in [0.717, 1.165) is 5.56 Å². The van der Waals surface area contributed by atoms with Gasteiger partial charge in [0.1, 0.15) is 9.84 Å². The topological polar surface area (TPSA) is 92.3 Å². The highest BCUT2D eigenvalue weighted by Crippen LogP contribution is 2.16. The molecule has 0 aliphatic carbocycles. The van der Waals surface area contributed by atoms with E-state index in [2.05, 4.69) is 10.0 Å². The number of benzene rings is 1. The van der Waals surface area contributed by atoms with E-state index in [1.54, 1.807) is 24.3 Å². The van der Waals surface area contributed by atoms with Crippen LogP contribution in [-0.2, 0) is 26.4 Å². The SMILES string of the molecule is CNCc1ccc(S(=O)(=O)NC2CCS(=O)(=O)CC2)cc1. The van der Waals surface area contributed by atoms with Crippen molar-refractivity contribution < 1.29 is 16.8 Å². The van der Waals surface area contributed by atoms with E-state index in [1.165, 1.54) is 0 Å². The largest absolute Gasteiger partial charge is 0.316 e. The fourth-order valence-corrected chi connectivity index (χ4v) is 5.08. The molecule has 0 saturated carbocycles. The van der Waals surface area contributed by atoms with Crippen LogP contribution in [0.3, 0.4) is 0 Å². The van der Waals surface area contributed by atoms with Crippen molar-refractivity contribution in [2.24, 2.45) is 0 Å². The summed E-state index contributed by atoms with van der Waals surface area (Å²) in [5, 5.41) is 2.99. The Hall–Kier alpha value is -0.960. The Kier molecular flexibility index (Phi) is 5.03. The van der Waals surface area contributed by atoms with Crippen LogP contribution >= 0.6 is 0 Å². The molecule has 0 bridgehead atoms. The Balaban J connectivity index is 2.05. The van der Waals surface area contributed by atoms with E-state index >= 15 is 0 Å². The van der Waals surface area contributed by atoms with Crippen LogP contribution < -0.4 is 10.0 Å². The molecular weight excluding hydrogens is 312 g/mol. The molecule has 1 fully saturated rings. The van der Waals surface area contributed by atoms with Gasteiger partial charge in [0.2, 0.25) is 10.0 Å². The maximum Gasteiger partial charge on any atom is 0.240 e. The summed E-state index contributed by atoms with van der Waals surface area (Å²) in [5.74, 6) is 0.0859. The number of sulfone groups is 1. The highest BCUT2D eigenvalue weighted by atomic mass is 32.2. The minimum absolute atomic E-state index is 0.0430. The maximum absolute atomic E-state index is 12.3. The van der Waals surface area contributed by atoms with Gasteiger partial charge in [0.05, 0.1) is 16.4 Å². The van der Waals surface area contributed by atoms with Crippen LogP contribution in [0.1, 0.15) is 18.4 Å². The molecule has 1 saturated heterocycles. The van der Waals surface area contributed by atoms with Gasteiger partial charge in [-0.2, -0.15) is 0 Å². The van der Waals surface area contributed by atoms with E-state index in [1.807, 2.05) is 7.05 Å². The molecule has 2 rings (SSSR count). The molecule has 0 spiro atoms. The molecule has 1 aromatic carbocycles. The van der Waals surface area contributed by atoms with Gasteiger partial charge in [-0.05, 0) is 37.6 Å². The Morgan fingerprint density at radius 3 is 2.24 bits per heavy atom. The van der Waals surface area contributed by atoms with Crippen LogP contribution in [0.15, 0.2) is 29.2 Å². The molecule has 0 radical (unpaired) electrons. The van der Waals surface area contributed by atoms with Crippen molar-refractivity contribution >= 4 is 19.9 Å². The van der Waals surface area contributed by atoms with Crippen LogP contribution in [0.5, 0.6) is 0 Å².